The highest BCUT2D eigenvalue weighted by Gasteiger charge is 2.60. The van der Waals surface area contributed by atoms with Crippen LogP contribution in [0.25, 0.3) is 0 Å². The molecule has 7 nitrogen and oxygen atoms in total. The lowest BCUT2D eigenvalue weighted by Crippen LogP contribution is -2.53. The summed E-state index contributed by atoms with van der Waals surface area (Å²) in [4.78, 5) is 1.96. The predicted molar refractivity (Wildman–Crippen MR) is 95.2 cm³/mol. The van der Waals surface area contributed by atoms with Crippen LogP contribution in [0.5, 0.6) is 23.0 Å². The maximum absolute atomic E-state index is 11.5. The van der Waals surface area contributed by atoms with Crippen molar-refractivity contribution < 1.29 is 29.5 Å². The second-order valence-electron chi connectivity index (χ2n) is 7.29. The second-order valence-corrected chi connectivity index (χ2v) is 7.29. The summed E-state index contributed by atoms with van der Waals surface area (Å²) in [5.41, 5.74) is 1.66. The van der Waals surface area contributed by atoms with Gasteiger partial charge in [-0.2, -0.15) is 0 Å². The molecule has 2 aromatic carbocycles. The molecule has 1 aliphatic carbocycles. The molecule has 0 bridgehead atoms. The highest BCUT2D eigenvalue weighted by atomic mass is 16.7. The van der Waals surface area contributed by atoms with Crippen LogP contribution in [0.15, 0.2) is 24.3 Å². The monoisotopic (exact) mass is 371 g/mol. The van der Waals surface area contributed by atoms with Crippen LogP contribution < -0.4 is 14.2 Å². The summed E-state index contributed by atoms with van der Waals surface area (Å²) < 4.78 is 16.3. The molecule has 0 radical (unpaired) electrons. The zero-order valence-corrected chi connectivity index (χ0v) is 15.1. The van der Waals surface area contributed by atoms with Gasteiger partial charge in [-0.1, -0.05) is 6.07 Å². The minimum atomic E-state index is -1.12. The van der Waals surface area contributed by atoms with Gasteiger partial charge in [0.25, 0.3) is 0 Å². The number of nitrogens with zero attached hydrogens (tertiary/aromatic N) is 1. The highest BCUT2D eigenvalue weighted by Crippen LogP contribution is 2.62. The van der Waals surface area contributed by atoms with E-state index in [0.29, 0.717) is 40.5 Å². The number of hydrogen-bond donors (Lipinski definition) is 3. The van der Waals surface area contributed by atoms with Gasteiger partial charge in [-0.05, 0) is 48.4 Å². The molecule has 142 valence electrons. The van der Waals surface area contributed by atoms with E-state index >= 15 is 0 Å². The Labute approximate surface area is 156 Å². The van der Waals surface area contributed by atoms with E-state index in [0.717, 1.165) is 12.0 Å². The first-order valence-corrected chi connectivity index (χ1v) is 8.90. The lowest BCUT2D eigenvalue weighted by molar-refractivity contribution is -0.0951. The fraction of sp³-hybridized carbons (Fsp3) is 0.400. The van der Waals surface area contributed by atoms with Gasteiger partial charge >= 0.3 is 0 Å². The Balaban J connectivity index is 1.77. The largest absolute Gasteiger partial charge is 0.504 e. The number of hydrogen-bond acceptors (Lipinski definition) is 7. The van der Waals surface area contributed by atoms with Crippen molar-refractivity contribution in [1.29, 1.82) is 0 Å². The molecule has 2 aromatic rings. The van der Waals surface area contributed by atoms with E-state index in [1.807, 2.05) is 11.9 Å². The Morgan fingerprint density at radius 3 is 2.78 bits per heavy atom. The third-order valence-electron chi connectivity index (χ3n) is 6.20. The Morgan fingerprint density at radius 2 is 2.00 bits per heavy atom. The second kappa shape index (κ2) is 5.51. The third-order valence-corrected chi connectivity index (χ3v) is 6.20. The SMILES string of the molecule is COc1cc2c(cc1O)[C@]1([C@@H](O)c3ccc4c(c3[C@@H]1O)OCO4)N(C)CC2. The molecule has 2 aliphatic heterocycles. The first-order valence-electron chi connectivity index (χ1n) is 8.90. The predicted octanol–water partition coefficient (Wildman–Crippen LogP) is 1.59. The molecule has 27 heavy (non-hydrogen) atoms. The average molecular weight is 371 g/mol. The van der Waals surface area contributed by atoms with Crippen molar-refractivity contribution in [3.05, 3.63) is 46.5 Å². The smallest absolute Gasteiger partial charge is 0.231 e. The summed E-state index contributed by atoms with van der Waals surface area (Å²) >= 11 is 0. The van der Waals surface area contributed by atoms with Gasteiger partial charge in [0.1, 0.15) is 17.7 Å². The number of aliphatic hydroxyl groups excluding tert-OH is 2. The Hall–Kier alpha value is -2.48. The van der Waals surface area contributed by atoms with Crippen LogP contribution in [0, 0.1) is 0 Å². The summed E-state index contributed by atoms with van der Waals surface area (Å²) in [6.07, 6.45) is -1.32. The zero-order valence-electron chi connectivity index (χ0n) is 15.1. The van der Waals surface area contributed by atoms with Gasteiger partial charge in [0.2, 0.25) is 6.79 Å². The van der Waals surface area contributed by atoms with Crippen LogP contribution in [0.2, 0.25) is 0 Å². The lowest BCUT2D eigenvalue weighted by atomic mass is 9.75. The molecule has 0 unspecified atom stereocenters. The van der Waals surface area contributed by atoms with Crippen molar-refractivity contribution in [2.75, 3.05) is 27.5 Å². The summed E-state index contributed by atoms with van der Waals surface area (Å²) in [6.45, 7) is 0.731. The minimum absolute atomic E-state index is 0.0221. The van der Waals surface area contributed by atoms with Crippen molar-refractivity contribution in [2.24, 2.45) is 0 Å². The van der Waals surface area contributed by atoms with Crippen LogP contribution in [-0.2, 0) is 12.0 Å². The maximum Gasteiger partial charge on any atom is 0.231 e. The number of aromatic hydroxyl groups is 1. The Morgan fingerprint density at radius 1 is 1.19 bits per heavy atom. The Bertz CT molecular complexity index is 945. The van der Waals surface area contributed by atoms with Crippen molar-refractivity contribution in [2.45, 2.75) is 24.2 Å². The standard InChI is InChI=1S/C20H21NO6/c1-21-6-5-10-7-15(25-2)13(22)8-12(10)20(21)18(23)11-3-4-14-17(27-9-26-14)16(11)19(20)24/h3-4,7-8,18-19,22-24H,5-6,9H2,1-2H3/t18-,19-,20+/m0/s1. The molecule has 1 spiro atoms. The quantitative estimate of drug-likeness (QED) is 0.701. The number of phenols is 1. The molecule has 3 N–H and O–H groups in total. The van der Waals surface area contributed by atoms with Gasteiger partial charge in [0, 0.05) is 12.1 Å². The molecule has 0 fully saturated rings. The van der Waals surface area contributed by atoms with Crippen LogP contribution in [0.3, 0.4) is 0 Å². The van der Waals surface area contributed by atoms with Crippen molar-refractivity contribution in [3.8, 4) is 23.0 Å². The summed E-state index contributed by atoms with van der Waals surface area (Å²) in [5, 5.41) is 33.2. The summed E-state index contributed by atoms with van der Waals surface area (Å²) in [6, 6.07) is 6.91. The number of likely N-dealkylation sites (N-methyl/N-ethyl adjacent to an activating group) is 1. The van der Waals surface area contributed by atoms with Gasteiger partial charge in [-0.3, -0.25) is 4.90 Å². The van der Waals surface area contributed by atoms with Crippen molar-refractivity contribution >= 4 is 0 Å². The molecule has 3 aliphatic rings. The fourth-order valence-electron chi connectivity index (χ4n) is 4.88. The number of ether oxygens (including phenoxy) is 3. The van der Waals surface area contributed by atoms with Crippen LogP contribution >= 0.6 is 0 Å². The average Bonchev–Trinajstić information content (AvgIpc) is 3.22. The van der Waals surface area contributed by atoms with Crippen molar-refractivity contribution in [1.82, 2.24) is 4.90 Å². The van der Waals surface area contributed by atoms with E-state index in [1.54, 1.807) is 24.3 Å². The normalized spacial score (nSPS) is 28.3. The third kappa shape index (κ3) is 1.91. The molecular formula is C20H21NO6. The zero-order chi connectivity index (χ0) is 18.9. The maximum atomic E-state index is 11.5. The van der Waals surface area contributed by atoms with E-state index in [2.05, 4.69) is 0 Å². The molecule has 0 aromatic heterocycles. The number of rotatable bonds is 1. The fourth-order valence-corrected chi connectivity index (χ4v) is 4.88. The lowest BCUT2D eigenvalue weighted by Gasteiger charge is -2.48. The molecule has 3 atom stereocenters. The molecule has 0 amide bonds. The first-order chi connectivity index (χ1) is 13.0. The van der Waals surface area contributed by atoms with Crippen LogP contribution in [0.4, 0.5) is 0 Å². The number of aliphatic hydroxyl groups is 2. The van der Waals surface area contributed by atoms with Crippen molar-refractivity contribution in [3.63, 3.8) is 0 Å². The first kappa shape index (κ1) is 16.7. The molecule has 0 saturated heterocycles. The van der Waals surface area contributed by atoms with Gasteiger partial charge in [0.15, 0.2) is 23.0 Å². The van der Waals surface area contributed by atoms with Gasteiger partial charge < -0.3 is 29.5 Å². The van der Waals surface area contributed by atoms with Gasteiger partial charge in [-0.15, -0.1) is 0 Å². The van der Waals surface area contributed by atoms with Crippen LogP contribution in [-0.4, -0.2) is 47.7 Å². The van der Waals surface area contributed by atoms with Crippen LogP contribution in [0.1, 0.15) is 34.5 Å². The molecule has 5 rings (SSSR count). The number of benzene rings is 2. The van der Waals surface area contributed by atoms with E-state index in [9.17, 15) is 15.3 Å². The minimum Gasteiger partial charge on any atom is -0.504 e. The number of phenolic OH excluding ortho intramolecular Hbond substituents is 1. The van der Waals surface area contributed by atoms with E-state index in [4.69, 9.17) is 14.2 Å². The molecule has 7 heteroatoms. The molecule has 0 saturated carbocycles. The van der Waals surface area contributed by atoms with E-state index < -0.39 is 17.7 Å². The topological polar surface area (TPSA) is 91.6 Å². The van der Waals surface area contributed by atoms with Gasteiger partial charge in [-0.25, -0.2) is 0 Å². The summed E-state index contributed by atoms with van der Waals surface area (Å²) in [7, 11) is 3.38. The van der Waals surface area contributed by atoms with E-state index in [1.165, 1.54) is 7.11 Å². The number of fused-ring (bicyclic) bond motifs is 5. The summed E-state index contributed by atoms with van der Waals surface area (Å²) in [5.74, 6) is 1.40. The number of methoxy groups -OCH3 is 1. The Kier molecular flexibility index (Phi) is 3.40. The molecule has 2 heterocycles. The van der Waals surface area contributed by atoms with Gasteiger partial charge in [0.05, 0.1) is 7.11 Å². The molecular weight excluding hydrogens is 350 g/mol. The highest BCUT2D eigenvalue weighted by molar-refractivity contribution is 5.62. The van der Waals surface area contributed by atoms with E-state index in [-0.39, 0.29) is 12.5 Å².